The number of aliphatic hydroxyl groups excluding tert-OH is 2. The molecule has 0 spiro atoms. The van der Waals surface area contributed by atoms with E-state index in [0.29, 0.717) is 11.0 Å². The summed E-state index contributed by atoms with van der Waals surface area (Å²) in [5.74, 6) is -2.25. The summed E-state index contributed by atoms with van der Waals surface area (Å²) in [6.07, 6.45) is -9.21. The summed E-state index contributed by atoms with van der Waals surface area (Å²) < 4.78 is 69.0. The van der Waals surface area contributed by atoms with Gasteiger partial charge in [0.25, 0.3) is 5.56 Å². The molecule has 0 saturated carbocycles. The number of phosphoric acid groups is 2. The molecule has 1 saturated heterocycles. The van der Waals surface area contributed by atoms with Crippen LogP contribution >= 0.6 is 15.6 Å². The second-order valence-electron chi connectivity index (χ2n) is 13.0. The van der Waals surface area contributed by atoms with Gasteiger partial charge in [-0.3, -0.25) is 28.0 Å². The van der Waals surface area contributed by atoms with Gasteiger partial charge >= 0.3 is 33.3 Å². The third-order valence-corrected chi connectivity index (χ3v) is 10.5. The number of benzene rings is 1. The number of aromatic nitrogens is 3. The van der Waals surface area contributed by atoms with Crippen LogP contribution in [0.5, 0.6) is 0 Å². The van der Waals surface area contributed by atoms with Crippen molar-refractivity contribution in [3.8, 4) is 0 Å². The first-order chi connectivity index (χ1) is 24.1. The zero-order valence-electron chi connectivity index (χ0n) is 29.2. The van der Waals surface area contributed by atoms with Gasteiger partial charge in [-0.05, 0) is 46.8 Å². The molecule has 0 amide bonds. The molecule has 8 atom stereocenters. The van der Waals surface area contributed by atoms with Crippen LogP contribution in [0, 0.1) is 11.3 Å². The van der Waals surface area contributed by atoms with Gasteiger partial charge in [0.05, 0.1) is 24.5 Å². The van der Waals surface area contributed by atoms with Crippen LogP contribution in [0.1, 0.15) is 60.4 Å². The molecule has 52 heavy (non-hydrogen) atoms. The number of hydrogen-bond acceptors (Lipinski definition) is 17. The Balaban J connectivity index is 1.49. The summed E-state index contributed by atoms with van der Waals surface area (Å²) in [6, 6.07) is 7.78. The molecule has 1 aliphatic heterocycles. The lowest BCUT2D eigenvalue weighted by molar-refractivity contribution is -0.176. The number of nitrogens with zero attached hydrogens (tertiary/aromatic N) is 3. The molecule has 0 radical (unpaired) electrons. The first kappa shape index (κ1) is 41.2. The fourth-order valence-electron chi connectivity index (χ4n) is 4.58. The average molecular weight is 778 g/mol. The van der Waals surface area contributed by atoms with E-state index in [-0.39, 0.29) is 12.2 Å². The number of ether oxygens (including phenoxy) is 3. The van der Waals surface area contributed by atoms with Crippen LogP contribution in [-0.4, -0.2) is 78.8 Å². The first-order valence-corrected chi connectivity index (χ1v) is 18.8. The number of esters is 2. The molecule has 1 aromatic carbocycles. The molecule has 3 N–H and O–H groups in total. The Kier molecular flexibility index (Phi) is 12.9. The van der Waals surface area contributed by atoms with Crippen molar-refractivity contribution in [3.05, 3.63) is 63.1 Å². The normalized spacial score (nSPS) is 22.8. The second-order valence-corrected chi connectivity index (χ2v) is 16.2. The minimum atomic E-state index is -5.51. The average Bonchev–Trinajstić information content (AvgIpc) is 3.56. The Labute approximate surface area is 296 Å². The molecule has 3 heterocycles. The second kappa shape index (κ2) is 16.2. The number of carbonyl (C=O) groups is 2. The van der Waals surface area contributed by atoms with Gasteiger partial charge in [0.2, 0.25) is 12.6 Å². The summed E-state index contributed by atoms with van der Waals surface area (Å²) in [5.41, 5.74) is -2.02. The van der Waals surface area contributed by atoms with Crippen molar-refractivity contribution in [2.75, 3.05) is 6.61 Å². The monoisotopic (exact) mass is 777 g/mol. The van der Waals surface area contributed by atoms with Crippen molar-refractivity contribution in [1.82, 2.24) is 14.3 Å². The van der Waals surface area contributed by atoms with Gasteiger partial charge < -0.3 is 33.8 Å². The Morgan fingerprint density at radius 2 is 1.62 bits per heavy atom. The smallest absolute Gasteiger partial charge is 0.435 e. The van der Waals surface area contributed by atoms with Crippen LogP contribution < -0.4 is 11.2 Å². The van der Waals surface area contributed by atoms with Crippen molar-refractivity contribution in [1.29, 1.82) is 0 Å². The van der Waals surface area contributed by atoms with Gasteiger partial charge in [0, 0.05) is 17.6 Å². The van der Waals surface area contributed by atoms with E-state index < -0.39 is 93.9 Å². The molecule has 288 valence electrons. The lowest BCUT2D eigenvalue weighted by Crippen LogP contribution is -2.43. The molecule has 3 aromatic rings. The highest BCUT2D eigenvalue weighted by Gasteiger charge is 2.47. The summed E-state index contributed by atoms with van der Waals surface area (Å²) in [4.78, 5) is 61.0. The van der Waals surface area contributed by atoms with E-state index in [4.69, 9.17) is 36.6 Å². The maximum atomic E-state index is 13.6. The van der Waals surface area contributed by atoms with Crippen LogP contribution in [0.4, 0.5) is 0 Å². The maximum Gasteiger partial charge on any atom is 0.489 e. The number of para-hydroxylation sites is 1. The molecule has 1 aliphatic rings. The Hall–Kier alpha value is -3.55. The fourth-order valence-corrected chi connectivity index (χ4v) is 7.29. The number of carbonyl (C=O) groups excluding carboxylic acids is 2. The lowest BCUT2D eigenvalue weighted by atomic mass is 9.97. The molecule has 5 unspecified atom stereocenters. The van der Waals surface area contributed by atoms with Crippen LogP contribution in [0.25, 0.3) is 11.0 Å². The van der Waals surface area contributed by atoms with Crippen molar-refractivity contribution < 1.29 is 70.4 Å². The van der Waals surface area contributed by atoms with E-state index in [1.807, 2.05) is 0 Å². The summed E-state index contributed by atoms with van der Waals surface area (Å²) in [5, 5.41) is 26.0. The van der Waals surface area contributed by atoms with Gasteiger partial charge in [0.15, 0.2) is 11.8 Å². The van der Waals surface area contributed by atoms with E-state index in [0.717, 1.165) is 35.2 Å². The Morgan fingerprint density at radius 3 is 2.25 bits per heavy atom. The van der Waals surface area contributed by atoms with E-state index in [1.54, 1.807) is 24.3 Å². The minimum Gasteiger partial charge on any atom is -0.435 e. The molecule has 0 bridgehead atoms. The van der Waals surface area contributed by atoms with Crippen molar-refractivity contribution in [3.63, 3.8) is 0 Å². The van der Waals surface area contributed by atoms with Gasteiger partial charge in [-0.2, -0.15) is 4.31 Å². The standard InChI is InChI=1S/C30H41N3O17P2/c1-16(2)27(37)44-17(3)48-52(42,49-18(4)45-28(38)30(5,6)7)50-51(40,41)43-15-22-24(35)25(36)26(46-22)32-13-12-23(34)33(29(32)39)14-20-19-10-8-9-11-21(19)47-31-20/h8-13,16-18,22,24-26,35-36H,14-15H2,1-7H3,(H,40,41)/t17?,18?,22-,24+,25?,26-,52?/m1/s1. The van der Waals surface area contributed by atoms with Gasteiger partial charge in [-0.25, -0.2) is 23.0 Å². The summed E-state index contributed by atoms with van der Waals surface area (Å²) in [7, 11) is -10.8. The molecule has 4 rings (SSSR count). The van der Waals surface area contributed by atoms with Crippen LogP contribution in [-0.2, 0) is 57.4 Å². The number of fused-ring (bicyclic) bond motifs is 1. The highest BCUT2D eigenvalue weighted by molar-refractivity contribution is 7.61. The van der Waals surface area contributed by atoms with Crippen molar-refractivity contribution in [2.24, 2.45) is 11.3 Å². The SMILES string of the molecule is CC(OC(=O)C(C)C)OP(=O)(OC(C)OC(=O)C(C)(C)C)OP(=O)(O)OC[C@H]1O[C@@H](n2ccc(=O)n(Cc3noc4ccccc34)c2=O)C(O)[C@H]1O. The third kappa shape index (κ3) is 10.1. The molecular formula is C30H41N3O17P2. The quantitative estimate of drug-likeness (QED) is 0.114. The van der Waals surface area contributed by atoms with Crippen molar-refractivity contribution in [2.45, 2.75) is 92.1 Å². The van der Waals surface area contributed by atoms with Crippen LogP contribution in [0.15, 0.2) is 50.6 Å². The molecule has 1 fully saturated rings. The number of hydrogen-bond donors (Lipinski definition) is 3. The largest absolute Gasteiger partial charge is 0.489 e. The molecule has 2 aromatic heterocycles. The van der Waals surface area contributed by atoms with E-state index in [1.165, 1.54) is 34.6 Å². The topological polar surface area (TPSA) is 264 Å². The predicted octanol–water partition coefficient (Wildman–Crippen LogP) is 2.57. The molecular weight excluding hydrogens is 736 g/mol. The highest BCUT2D eigenvalue weighted by atomic mass is 31.3. The zero-order valence-corrected chi connectivity index (χ0v) is 31.0. The minimum absolute atomic E-state index is 0.268. The molecule has 20 nitrogen and oxygen atoms in total. The van der Waals surface area contributed by atoms with E-state index >= 15 is 0 Å². The van der Waals surface area contributed by atoms with Crippen LogP contribution in [0.2, 0.25) is 0 Å². The molecule has 0 aliphatic carbocycles. The predicted molar refractivity (Wildman–Crippen MR) is 176 cm³/mol. The van der Waals surface area contributed by atoms with Gasteiger partial charge in [0.1, 0.15) is 24.0 Å². The zero-order chi connectivity index (χ0) is 38.8. The summed E-state index contributed by atoms with van der Waals surface area (Å²) >= 11 is 0. The number of aliphatic hydroxyl groups is 2. The number of phosphoric ester groups is 2. The highest BCUT2D eigenvalue weighted by Crippen LogP contribution is 2.64. The first-order valence-electron chi connectivity index (χ1n) is 15.8. The van der Waals surface area contributed by atoms with Gasteiger partial charge in [-0.15, -0.1) is 0 Å². The number of rotatable bonds is 15. The maximum absolute atomic E-state index is 13.6. The van der Waals surface area contributed by atoms with Gasteiger partial charge in [-0.1, -0.05) is 31.1 Å². The third-order valence-electron chi connectivity index (χ3n) is 7.27. The molecule has 22 heteroatoms. The lowest BCUT2D eigenvalue weighted by Gasteiger charge is -2.27. The van der Waals surface area contributed by atoms with Crippen molar-refractivity contribution >= 4 is 38.6 Å². The van der Waals surface area contributed by atoms with E-state index in [9.17, 15) is 43.4 Å². The fraction of sp³-hybridized carbons (Fsp3) is 0.567. The Morgan fingerprint density at radius 1 is 0.981 bits per heavy atom. The van der Waals surface area contributed by atoms with E-state index in [2.05, 4.69) is 5.16 Å². The summed E-state index contributed by atoms with van der Waals surface area (Å²) in [6.45, 7) is 8.46. The van der Waals surface area contributed by atoms with Crippen LogP contribution in [0.3, 0.4) is 0 Å². The Bertz CT molecular complexity index is 1970.